The zero-order chi connectivity index (χ0) is 19.3. The van der Waals surface area contributed by atoms with Crippen molar-refractivity contribution in [1.29, 1.82) is 5.26 Å². The number of furan rings is 1. The molecule has 1 N–H and O–H groups in total. The minimum absolute atomic E-state index is 0.133. The first-order chi connectivity index (χ1) is 13.7. The van der Waals surface area contributed by atoms with Crippen LogP contribution in [0.25, 0.3) is 11.7 Å². The van der Waals surface area contributed by atoms with Crippen molar-refractivity contribution in [3.63, 3.8) is 0 Å². The van der Waals surface area contributed by atoms with Crippen molar-refractivity contribution < 1.29 is 18.3 Å². The van der Waals surface area contributed by atoms with Crippen LogP contribution in [-0.2, 0) is 11.3 Å². The molecule has 0 spiro atoms. The fraction of sp³-hybridized carbons (Fsp3) is 0.333. The maximum Gasteiger partial charge on any atom is 0.266 e. The number of ether oxygens (including phenoxy) is 2. The highest BCUT2D eigenvalue weighted by Crippen LogP contribution is 2.28. The lowest BCUT2D eigenvalue weighted by molar-refractivity contribution is 0.120. The second kappa shape index (κ2) is 8.19. The number of hydrogen-bond acceptors (Lipinski definition) is 7. The van der Waals surface area contributed by atoms with E-state index >= 15 is 0 Å². The zero-order valence-corrected chi connectivity index (χ0v) is 15.6. The largest absolute Gasteiger partial charge is 0.485 e. The van der Waals surface area contributed by atoms with Crippen LogP contribution in [0, 0.1) is 18.3 Å². The van der Waals surface area contributed by atoms with Gasteiger partial charge in [0.25, 0.3) is 5.89 Å². The van der Waals surface area contributed by atoms with Crippen LogP contribution in [0.1, 0.15) is 29.9 Å². The Hall–Kier alpha value is -3.24. The molecule has 3 heterocycles. The lowest BCUT2D eigenvalue weighted by Gasteiger charge is -2.09. The molecule has 0 radical (unpaired) electrons. The molecular weight excluding hydrogens is 358 g/mol. The van der Waals surface area contributed by atoms with Gasteiger partial charge >= 0.3 is 0 Å². The van der Waals surface area contributed by atoms with E-state index in [0.29, 0.717) is 30.6 Å². The Balaban J connectivity index is 1.43. The molecule has 144 valence electrons. The van der Waals surface area contributed by atoms with Crippen molar-refractivity contribution in [3.05, 3.63) is 53.4 Å². The van der Waals surface area contributed by atoms with Gasteiger partial charge in [-0.15, -0.1) is 0 Å². The van der Waals surface area contributed by atoms with E-state index in [1.54, 1.807) is 6.07 Å². The van der Waals surface area contributed by atoms with Gasteiger partial charge in [-0.05, 0) is 43.5 Å². The maximum absolute atomic E-state index is 9.32. The van der Waals surface area contributed by atoms with Crippen LogP contribution in [0.2, 0.25) is 0 Å². The van der Waals surface area contributed by atoms with Gasteiger partial charge in [0.1, 0.15) is 24.2 Å². The minimum atomic E-state index is 0.133. The third-order valence-electron chi connectivity index (χ3n) is 4.58. The molecular formula is C21H21N3O4. The molecule has 2 aromatic heterocycles. The molecule has 0 aliphatic carbocycles. The van der Waals surface area contributed by atoms with Gasteiger partial charge in [0, 0.05) is 13.2 Å². The molecule has 7 nitrogen and oxygen atoms in total. The van der Waals surface area contributed by atoms with Gasteiger partial charge in [0.05, 0.1) is 6.10 Å². The van der Waals surface area contributed by atoms with E-state index in [-0.39, 0.29) is 17.7 Å². The monoisotopic (exact) mass is 379 g/mol. The van der Waals surface area contributed by atoms with Crippen molar-refractivity contribution in [2.45, 2.75) is 32.5 Å². The molecule has 3 aromatic rings. The molecule has 0 bridgehead atoms. The fourth-order valence-corrected chi connectivity index (χ4v) is 3.07. The quantitative estimate of drug-likeness (QED) is 0.654. The Labute approximate surface area is 162 Å². The number of oxazole rings is 1. The molecule has 1 aromatic carbocycles. The van der Waals surface area contributed by atoms with Gasteiger partial charge in [-0.3, -0.25) is 0 Å². The Morgan fingerprint density at radius 3 is 2.93 bits per heavy atom. The Kier molecular flexibility index (Phi) is 5.31. The van der Waals surface area contributed by atoms with Crippen LogP contribution in [0.5, 0.6) is 5.75 Å². The summed E-state index contributed by atoms with van der Waals surface area (Å²) in [5.41, 5.74) is 1.25. The van der Waals surface area contributed by atoms with E-state index in [4.69, 9.17) is 18.3 Å². The number of nitriles is 1. The highest BCUT2D eigenvalue weighted by Gasteiger charge is 2.20. The van der Waals surface area contributed by atoms with Crippen LogP contribution in [0.4, 0.5) is 5.88 Å². The predicted octanol–water partition coefficient (Wildman–Crippen LogP) is 4.28. The lowest BCUT2D eigenvalue weighted by atomic mass is 10.2. The number of anilines is 1. The van der Waals surface area contributed by atoms with Crippen molar-refractivity contribution in [2.24, 2.45) is 0 Å². The maximum atomic E-state index is 9.32. The number of rotatable bonds is 7. The molecule has 0 unspecified atom stereocenters. The predicted molar refractivity (Wildman–Crippen MR) is 102 cm³/mol. The van der Waals surface area contributed by atoms with Crippen molar-refractivity contribution >= 4 is 5.88 Å². The van der Waals surface area contributed by atoms with Crippen LogP contribution < -0.4 is 10.1 Å². The first-order valence-electron chi connectivity index (χ1n) is 9.27. The van der Waals surface area contributed by atoms with E-state index < -0.39 is 0 Å². The molecule has 0 amide bonds. The van der Waals surface area contributed by atoms with Crippen molar-refractivity contribution in [3.8, 4) is 23.5 Å². The first-order valence-corrected chi connectivity index (χ1v) is 9.27. The molecule has 1 fully saturated rings. The van der Waals surface area contributed by atoms with E-state index in [0.717, 1.165) is 30.8 Å². The Morgan fingerprint density at radius 2 is 2.14 bits per heavy atom. The number of benzene rings is 1. The third-order valence-corrected chi connectivity index (χ3v) is 4.58. The van der Waals surface area contributed by atoms with Gasteiger partial charge in [0.15, 0.2) is 5.76 Å². The average Bonchev–Trinajstić information content (AvgIpc) is 3.45. The second-order valence-corrected chi connectivity index (χ2v) is 6.64. The zero-order valence-electron chi connectivity index (χ0n) is 15.6. The SMILES string of the molecule is Cc1ccccc1OCc1ccc(-c2nc(C#N)c(NC[C@H]3CCCO3)o2)o1. The summed E-state index contributed by atoms with van der Waals surface area (Å²) < 4.78 is 22.9. The van der Waals surface area contributed by atoms with Crippen LogP contribution in [0.15, 0.2) is 45.2 Å². The molecule has 1 aliphatic rings. The lowest BCUT2D eigenvalue weighted by Crippen LogP contribution is -2.18. The normalized spacial score (nSPS) is 16.1. The molecule has 4 rings (SSSR count). The summed E-state index contributed by atoms with van der Waals surface area (Å²) in [6.45, 7) is 3.64. The standard InChI is InChI=1S/C21H21N3O4/c1-14-5-2-3-7-18(14)26-13-16-8-9-19(27-16)21-24-17(11-22)20(28-21)23-12-15-6-4-10-25-15/h2-3,5,7-9,15,23H,4,6,10,12-13H2,1H3/t15-/m1/s1. The van der Waals surface area contributed by atoms with Gasteiger partial charge < -0.3 is 23.6 Å². The molecule has 7 heteroatoms. The van der Waals surface area contributed by atoms with Crippen molar-refractivity contribution in [2.75, 3.05) is 18.5 Å². The van der Waals surface area contributed by atoms with Gasteiger partial charge in [-0.25, -0.2) is 0 Å². The van der Waals surface area contributed by atoms with E-state index in [1.165, 1.54) is 0 Å². The van der Waals surface area contributed by atoms with Gasteiger partial charge in [-0.1, -0.05) is 18.2 Å². The molecule has 28 heavy (non-hydrogen) atoms. The molecule has 0 saturated carbocycles. The summed E-state index contributed by atoms with van der Waals surface area (Å²) in [6.07, 6.45) is 2.19. The summed E-state index contributed by atoms with van der Waals surface area (Å²) in [6, 6.07) is 13.4. The average molecular weight is 379 g/mol. The Morgan fingerprint density at radius 1 is 1.25 bits per heavy atom. The number of nitrogens with one attached hydrogen (secondary N) is 1. The van der Waals surface area contributed by atoms with E-state index in [1.807, 2.05) is 43.3 Å². The minimum Gasteiger partial charge on any atom is -0.485 e. The summed E-state index contributed by atoms with van der Waals surface area (Å²) in [5, 5.41) is 12.4. The highest BCUT2D eigenvalue weighted by atomic mass is 16.5. The summed E-state index contributed by atoms with van der Waals surface area (Å²) >= 11 is 0. The number of nitrogens with zero attached hydrogens (tertiary/aromatic N) is 2. The number of aryl methyl sites for hydroxylation is 1. The smallest absolute Gasteiger partial charge is 0.266 e. The molecule has 1 atom stereocenters. The van der Waals surface area contributed by atoms with E-state index in [2.05, 4.69) is 10.3 Å². The summed E-state index contributed by atoms with van der Waals surface area (Å²) in [4.78, 5) is 4.22. The number of hydrogen-bond donors (Lipinski definition) is 1. The van der Waals surface area contributed by atoms with Crippen molar-refractivity contribution in [1.82, 2.24) is 4.98 Å². The molecule has 1 saturated heterocycles. The Bertz CT molecular complexity index is 980. The number of aromatic nitrogens is 1. The fourth-order valence-electron chi connectivity index (χ4n) is 3.07. The third kappa shape index (κ3) is 4.02. The van der Waals surface area contributed by atoms with Crippen LogP contribution in [0.3, 0.4) is 0 Å². The first kappa shape index (κ1) is 18.1. The highest BCUT2D eigenvalue weighted by molar-refractivity contribution is 5.54. The second-order valence-electron chi connectivity index (χ2n) is 6.64. The molecule has 1 aliphatic heterocycles. The van der Waals surface area contributed by atoms with Crippen LogP contribution >= 0.6 is 0 Å². The summed E-state index contributed by atoms with van der Waals surface area (Å²) in [5.74, 6) is 2.49. The number of para-hydroxylation sites is 1. The summed E-state index contributed by atoms with van der Waals surface area (Å²) in [7, 11) is 0. The van der Waals surface area contributed by atoms with Gasteiger partial charge in [-0.2, -0.15) is 10.2 Å². The van der Waals surface area contributed by atoms with Crippen LogP contribution in [-0.4, -0.2) is 24.2 Å². The van der Waals surface area contributed by atoms with E-state index in [9.17, 15) is 5.26 Å². The topological polar surface area (TPSA) is 93.5 Å². The van der Waals surface area contributed by atoms with Gasteiger partial charge in [0.2, 0.25) is 11.6 Å².